The number of nitrogens with zero attached hydrogens (tertiary/aromatic N) is 1. The average Bonchev–Trinajstić information content (AvgIpc) is 3.13. The Labute approximate surface area is 117 Å². The molecule has 0 atom stereocenters. The fourth-order valence-electron chi connectivity index (χ4n) is 2.18. The molecule has 1 saturated carbocycles. The number of rotatable bonds is 5. The summed E-state index contributed by atoms with van der Waals surface area (Å²) in [4.78, 5) is 1.83. The van der Waals surface area contributed by atoms with Gasteiger partial charge in [0.1, 0.15) is 4.99 Å². The number of anilines is 1. The first-order valence-electron chi connectivity index (χ1n) is 6.46. The lowest BCUT2D eigenvalue weighted by molar-refractivity contribution is 0.499. The van der Waals surface area contributed by atoms with E-state index < -0.39 is 11.6 Å². The summed E-state index contributed by atoms with van der Waals surface area (Å²) in [5.41, 5.74) is 5.66. The van der Waals surface area contributed by atoms with Crippen LogP contribution in [0.1, 0.15) is 32.3 Å². The molecule has 1 aliphatic rings. The van der Waals surface area contributed by atoms with Crippen LogP contribution in [0.25, 0.3) is 0 Å². The van der Waals surface area contributed by atoms with Gasteiger partial charge in [0.25, 0.3) is 0 Å². The van der Waals surface area contributed by atoms with Gasteiger partial charge < -0.3 is 10.6 Å². The zero-order valence-electron chi connectivity index (χ0n) is 11.1. The van der Waals surface area contributed by atoms with Crippen molar-refractivity contribution in [2.75, 3.05) is 11.4 Å². The first-order chi connectivity index (χ1) is 8.91. The minimum absolute atomic E-state index is 0.0310. The molecule has 1 aromatic carbocycles. The Bertz CT molecular complexity index is 498. The molecule has 19 heavy (non-hydrogen) atoms. The standard InChI is InChI=1S/C14H18F2N2S/c1-8(2)7-18(9-3-4-9)11-6-5-10(14(17)19)12(15)13(11)16/h5-6,8-9H,3-4,7H2,1-2H3,(H2,17,19). The summed E-state index contributed by atoms with van der Waals surface area (Å²) in [7, 11) is 0. The Balaban J connectivity index is 2.38. The zero-order chi connectivity index (χ0) is 14.2. The van der Waals surface area contributed by atoms with Crippen molar-refractivity contribution in [3.8, 4) is 0 Å². The van der Waals surface area contributed by atoms with Crippen LogP contribution in [0.15, 0.2) is 12.1 Å². The lowest BCUT2D eigenvalue weighted by atomic mass is 10.1. The van der Waals surface area contributed by atoms with Crippen molar-refractivity contribution in [2.24, 2.45) is 11.7 Å². The SMILES string of the molecule is CC(C)CN(c1ccc(C(N)=S)c(F)c1F)C1CC1. The predicted octanol–water partition coefficient (Wildman–Crippen LogP) is 3.22. The van der Waals surface area contributed by atoms with Gasteiger partial charge in [-0.3, -0.25) is 0 Å². The molecular formula is C14H18F2N2S. The fraction of sp³-hybridized carbons (Fsp3) is 0.500. The predicted molar refractivity (Wildman–Crippen MR) is 77.5 cm³/mol. The van der Waals surface area contributed by atoms with Crippen molar-refractivity contribution in [3.63, 3.8) is 0 Å². The van der Waals surface area contributed by atoms with E-state index in [1.54, 1.807) is 6.07 Å². The van der Waals surface area contributed by atoms with Crippen molar-refractivity contribution in [1.29, 1.82) is 0 Å². The van der Waals surface area contributed by atoms with Gasteiger partial charge in [-0.2, -0.15) is 0 Å². The summed E-state index contributed by atoms with van der Waals surface area (Å²) in [5.74, 6) is -1.41. The van der Waals surface area contributed by atoms with Crippen LogP contribution in [0.5, 0.6) is 0 Å². The Hall–Kier alpha value is -1.23. The second kappa shape index (κ2) is 5.41. The quantitative estimate of drug-likeness (QED) is 0.842. The highest BCUT2D eigenvalue weighted by atomic mass is 32.1. The van der Waals surface area contributed by atoms with Gasteiger partial charge in [0.2, 0.25) is 0 Å². The van der Waals surface area contributed by atoms with Crippen LogP contribution in [0.4, 0.5) is 14.5 Å². The van der Waals surface area contributed by atoms with Gasteiger partial charge in [-0.1, -0.05) is 26.1 Å². The molecule has 1 aromatic rings. The first kappa shape index (κ1) is 14.2. The van der Waals surface area contributed by atoms with Crippen LogP contribution in [-0.2, 0) is 0 Å². The van der Waals surface area contributed by atoms with E-state index in [4.69, 9.17) is 18.0 Å². The van der Waals surface area contributed by atoms with E-state index in [0.29, 0.717) is 24.2 Å². The van der Waals surface area contributed by atoms with Crippen LogP contribution in [0.2, 0.25) is 0 Å². The van der Waals surface area contributed by atoms with Crippen molar-refractivity contribution in [3.05, 3.63) is 29.3 Å². The van der Waals surface area contributed by atoms with Gasteiger partial charge in [0.05, 0.1) is 5.69 Å². The molecule has 0 aromatic heterocycles. The molecule has 2 nitrogen and oxygen atoms in total. The Kier molecular flexibility index (Phi) is 4.04. The smallest absolute Gasteiger partial charge is 0.182 e. The number of hydrogen-bond donors (Lipinski definition) is 1. The second-order valence-corrected chi connectivity index (χ2v) is 5.84. The van der Waals surface area contributed by atoms with E-state index in [-0.39, 0.29) is 10.6 Å². The van der Waals surface area contributed by atoms with Crippen molar-refractivity contribution in [1.82, 2.24) is 0 Å². The van der Waals surface area contributed by atoms with E-state index in [1.807, 2.05) is 4.90 Å². The minimum atomic E-state index is -0.945. The molecule has 0 radical (unpaired) electrons. The minimum Gasteiger partial charge on any atom is -0.389 e. The maximum Gasteiger partial charge on any atom is 0.182 e. The summed E-state index contributed by atoms with van der Waals surface area (Å²) < 4.78 is 28.1. The van der Waals surface area contributed by atoms with Gasteiger partial charge in [0, 0.05) is 18.2 Å². The molecule has 0 amide bonds. The van der Waals surface area contributed by atoms with Gasteiger partial charge in [0.15, 0.2) is 11.6 Å². The third-order valence-electron chi connectivity index (χ3n) is 3.19. The van der Waals surface area contributed by atoms with Gasteiger partial charge in [-0.25, -0.2) is 8.78 Å². The highest BCUT2D eigenvalue weighted by Crippen LogP contribution is 2.35. The molecule has 0 bridgehead atoms. The molecule has 1 fully saturated rings. The molecule has 5 heteroatoms. The molecule has 0 saturated heterocycles. The lowest BCUT2D eigenvalue weighted by Crippen LogP contribution is -2.31. The van der Waals surface area contributed by atoms with Crippen LogP contribution < -0.4 is 10.6 Å². The molecule has 1 aliphatic carbocycles. The zero-order valence-corrected chi connectivity index (χ0v) is 11.9. The number of halogens is 2. The van der Waals surface area contributed by atoms with Crippen LogP contribution >= 0.6 is 12.2 Å². The lowest BCUT2D eigenvalue weighted by Gasteiger charge is -2.27. The molecule has 0 heterocycles. The summed E-state index contributed by atoms with van der Waals surface area (Å²) in [6.45, 7) is 4.84. The van der Waals surface area contributed by atoms with Crippen molar-refractivity contribution >= 4 is 22.9 Å². The normalized spacial score (nSPS) is 14.8. The molecule has 0 aliphatic heterocycles. The van der Waals surface area contributed by atoms with E-state index in [1.165, 1.54) is 6.07 Å². The largest absolute Gasteiger partial charge is 0.389 e. The molecule has 0 spiro atoms. The number of benzene rings is 1. The third-order valence-corrected chi connectivity index (χ3v) is 3.41. The molecule has 0 unspecified atom stereocenters. The number of hydrogen-bond acceptors (Lipinski definition) is 2. The average molecular weight is 284 g/mol. The van der Waals surface area contributed by atoms with E-state index in [9.17, 15) is 8.78 Å². The summed E-state index contributed by atoms with van der Waals surface area (Å²) in [6, 6.07) is 3.37. The van der Waals surface area contributed by atoms with Crippen LogP contribution in [0.3, 0.4) is 0 Å². The second-order valence-electron chi connectivity index (χ2n) is 5.40. The highest BCUT2D eigenvalue weighted by Gasteiger charge is 2.32. The van der Waals surface area contributed by atoms with E-state index in [0.717, 1.165) is 12.8 Å². The molecule has 2 N–H and O–H groups in total. The molecular weight excluding hydrogens is 266 g/mol. The molecule has 2 rings (SSSR count). The van der Waals surface area contributed by atoms with Gasteiger partial charge >= 0.3 is 0 Å². The third kappa shape index (κ3) is 3.03. The van der Waals surface area contributed by atoms with Gasteiger partial charge in [-0.05, 0) is 30.9 Å². The maximum absolute atomic E-state index is 14.2. The maximum atomic E-state index is 14.2. The van der Waals surface area contributed by atoms with Crippen LogP contribution in [0, 0.1) is 17.6 Å². The fourth-order valence-corrected chi connectivity index (χ4v) is 2.33. The Morgan fingerprint density at radius 1 is 1.37 bits per heavy atom. The van der Waals surface area contributed by atoms with Crippen molar-refractivity contribution in [2.45, 2.75) is 32.7 Å². The van der Waals surface area contributed by atoms with E-state index in [2.05, 4.69) is 13.8 Å². The number of nitrogens with two attached hydrogens (primary N) is 1. The number of thiocarbonyl (C=S) groups is 1. The summed E-state index contributed by atoms with van der Waals surface area (Å²) in [5, 5.41) is 0. The Morgan fingerprint density at radius 2 is 2.00 bits per heavy atom. The summed E-state index contributed by atoms with van der Waals surface area (Å²) in [6.07, 6.45) is 2.07. The van der Waals surface area contributed by atoms with E-state index >= 15 is 0 Å². The molecule has 104 valence electrons. The highest BCUT2D eigenvalue weighted by molar-refractivity contribution is 7.80. The topological polar surface area (TPSA) is 29.3 Å². The van der Waals surface area contributed by atoms with Crippen LogP contribution in [-0.4, -0.2) is 17.6 Å². The summed E-state index contributed by atoms with van der Waals surface area (Å²) >= 11 is 4.71. The monoisotopic (exact) mass is 284 g/mol. The van der Waals surface area contributed by atoms with Gasteiger partial charge in [-0.15, -0.1) is 0 Å². The van der Waals surface area contributed by atoms with Crippen molar-refractivity contribution < 1.29 is 8.78 Å². The Morgan fingerprint density at radius 3 is 2.47 bits per heavy atom. The first-order valence-corrected chi connectivity index (χ1v) is 6.87.